The third kappa shape index (κ3) is 12.6. The molecule has 0 aliphatic heterocycles. The number of ether oxygens (including phenoxy) is 2. The Hall–Kier alpha value is -2.43. The van der Waals surface area contributed by atoms with Gasteiger partial charge in [0, 0.05) is 19.6 Å². The van der Waals surface area contributed by atoms with Crippen LogP contribution in [-0.2, 0) is 28.7 Å². The Morgan fingerprint density at radius 2 is 1.86 bits per heavy atom. The molecule has 11 nitrogen and oxygen atoms in total. The molecule has 0 aliphatic carbocycles. The van der Waals surface area contributed by atoms with E-state index in [4.69, 9.17) is 4.74 Å². The van der Waals surface area contributed by atoms with Crippen molar-refractivity contribution in [1.29, 1.82) is 0 Å². The smallest absolute Gasteiger partial charge is 0.325 e. The molecule has 22 heavy (non-hydrogen) atoms. The summed E-state index contributed by atoms with van der Waals surface area (Å²) in [7, 11) is 1.21. The van der Waals surface area contributed by atoms with Crippen LogP contribution in [0.1, 0.15) is 12.8 Å². The molecule has 2 amide bonds. The Morgan fingerprint density at radius 3 is 2.50 bits per heavy atom. The van der Waals surface area contributed by atoms with Crippen molar-refractivity contribution in [2.75, 3.05) is 40.0 Å². The number of nitrogens with zero attached hydrogens (tertiary/aromatic N) is 1. The van der Waals surface area contributed by atoms with E-state index in [2.05, 4.69) is 20.2 Å². The molecule has 0 saturated heterocycles. The largest absolute Gasteiger partial charge is 0.468 e. The maximum atomic E-state index is 11.3. The first-order valence-corrected chi connectivity index (χ1v) is 6.41. The van der Waals surface area contributed by atoms with Crippen LogP contribution in [0.15, 0.2) is 0 Å². The predicted molar refractivity (Wildman–Crippen MR) is 71.0 cm³/mol. The van der Waals surface area contributed by atoms with Gasteiger partial charge in [0.1, 0.15) is 13.2 Å². The molecule has 0 fully saturated rings. The molecule has 11 heteroatoms. The minimum absolute atomic E-state index is 0.0133. The minimum Gasteiger partial charge on any atom is -0.468 e. The average Bonchev–Trinajstić information content (AvgIpc) is 2.47. The van der Waals surface area contributed by atoms with Gasteiger partial charge in [-0.3, -0.25) is 14.4 Å². The Kier molecular flexibility index (Phi) is 11.0. The van der Waals surface area contributed by atoms with Crippen LogP contribution in [0, 0.1) is 10.1 Å². The monoisotopic (exact) mass is 321 g/mol. The van der Waals surface area contributed by atoms with Crippen LogP contribution < -0.4 is 10.6 Å². The van der Waals surface area contributed by atoms with Crippen molar-refractivity contribution in [2.45, 2.75) is 12.8 Å². The highest BCUT2D eigenvalue weighted by Crippen LogP contribution is 1.86. The average molecular weight is 321 g/mol. The summed E-state index contributed by atoms with van der Waals surface area (Å²) in [6.07, 6.45) is 0.295. The molecule has 0 aromatic carbocycles. The molecule has 126 valence electrons. The Balaban J connectivity index is 3.47. The van der Waals surface area contributed by atoms with Gasteiger partial charge in [-0.25, -0.2) is 0 Å². The zero-order chi connectivity index (χ0) is 16.8. The lowest BCUT2D eigenvalue weighted by molar-refractivity contribution is -0.757. The second-order valence-electron chi connectivity index (χ2n) is 3.92. The van der Waals surface area contributed by atoms with Crippen molar-refractivity contribution in [2.24, 2.45) is 0 Å². The summed E-state index contributed by atoms with van der Waals surface area (Å²) in [6, 6.07) is 0. The molecule has 0 rings (SSSR count). The van der Waals surface area contributed by atoms with Gasteiger partial charge >= 0.3 is 5.97 Å². The fourth-order valence-electron chi connectivity index (χ4n) is 1.16. The van der Waals surface area contributed by atoms with E-state index in [0.717, 1.165) is 0 Å². The second-order valence-corrected chi connectivity index (χ2v) is 3.92. The fourth-order valence-corrected chi connectivity index (χ4v) is 1.16. The summed E-state index contributed by atoms with van der Waals surface area (Å²) >= 11 is 0. The Labute approximate surface area is 126 Å². The summed E-state index contributed by atoms with van der Waals surface area (Å²) in [5.74, 6) is -1.38. The summed E-state index contributed by atoms with van der Waals surface area (Å²) in [6.45, 7) is -0.309. The van der Waals surface area contributed by atoms with E-state index in [1.807, 2.05) is 0 Å². The van der Waals surface area contributed by atoms with Crippen LogP contribution in [-0.4, -0.2) is 62.9 Å². The van der Waals surface area contributed by atoms with E-state index in [1.165, 1.54) is 7.11 Å². The molecule has 0 heterocycles. The van der Waals surface area contributed by atoms with E-state index in [9.17, 15) is 24.5 Å². The Bertz CT molecular complexity index is 388. The van der Waals surface area contributed by atoms with Gasteiger partial charge < -0.3 is 24.9 Å². The van der Waals surface area contributed by atoms with Crippen LogP contribution in [0.4, 0.5) is 0 Å². The molecule has 2 N–H and O–H groups in total. The van der Waals surface area contributed by atoms with Gasteiger partial charge in [0.05, 0.1) is 13.7 Å². The lowest BCUT2D eigenvalue weighted by Crippen LogP contribution is -2.35. The van der Waals surface area contributed by atoms with Crippen molar-refractivity contribution in [3.63, 3.8) is 0 Å². The van der Waals surface area contributed by atoms with E-state index in [1.54, 1.807) is 0 Å². The topological polar surface area (TPSA) is 146 Å². The third-order valence-corrected chi connectivity index (χ3v) is 2.19. The molecule has 0 atom stereocenters. The quantitative estimate of drug-likeness (QED) is 0.189. The number of hydrogen-bond donors (Lipinski definition) is 2. The second kappa shape index (κ2) is 12.3. The number of methoxy groups -OCH3 is 1. The van der Waals surface area contributed by atoms with Gasteiger partial charge in [-0.2, -0.15) is 0 Å². The van der Waals surface area contributed by atoms with Crippen molar-refractivity contribution in [3.8, 4) is 0 Å². The first-order chi connectivity index (χ1) is 10.5. The van der Waals surface area contributed by atoms with E-state index in [-0.39, 0.29) is 45.8 Å². The van der Waals surface area contributed by atoms with Crippen molar-refractivity contribution < 1.29 is 33.8 Å². The lowest BCUT2D eigenvalue weighted by Gasteiger charge is -2.06. The standard InChI is InChI=1S/C11H19N3O8/c1-20-11(17)7-13-9(15)3-4-12-10(16)8-21-5-2-6-22-14(18)19/h2-8H2,1H3,(H,12,16)(H,13,15). The van der Waals surface area contributed by atoms with Crippen LogP contribution in [0.3, 0.4) is 0 Å². The fraction of sp³-hybridized carbons (Fsp3) is 0.727. The number of amides is 2. The molecule has 0 aliphatic rings. The first kappa shape index (κ1) is 19.6. The minimum atomic E-state index is -0.905. The number of nitrogens with one attached hydrogen (secondary N) is 2. The van der Waals surface area contributed by atoms with Gasteiger partial charge in [-0.15, -0.1) is 10.1 Å². The van der Waals surface area contributed by atoms with E-state index >= 15 is 0 Å². The molecular weight excluding hydrogens is 302 g/mol. The number of esters is 1. The van der Waals surface area contributed by atoms with Crippen LogP contribution in [0.5, 0.6) is 0 Å². The van der Waals surface area contributed by atoms with Crippen LogP contribution in [0.2, 0.25) is 0 Å². The summed E-state index contributed by atoms with van der Waals surface area (Å²) in [5, 5.41) is 13.7. The van der Waals surface area contributed by atoms with Crippen molar-refractivity contribution in [1.82, 2.24) is 10.6 Å². The molecule has 0 unspecified atom stereocenters. The van der Waals surface area contributed by atoms with Crippen molar-refractivity contribution in [3.05, 3.63) is 10.1 Å². The molecule has 0 aromatic heterocycles. The molecule has 0 spiro atoms. The highest BCUT2D eigenvalue weighted by molar-refractivity contribution is 5.82. The summed E-state index contributed by atoms with van der Waals surface area (Å²) in [4.78, 5) is 47.2. The highest BCUT2D eigenvalue weighted by Gasteiger charge is 2.06. The SMILES string of the molecule is COC(=O)CNC(=O)CCNC(=O)COCCCO[N+](=O)[O-]. The molecular formula is C11H19N3O8. The molecule has 0 radical (unpaired) electrons. The van der Waals surface area contributed by atoms with Crippen LogP contribution >= 0.6 is 0 Å². The maximum Gasteiger partial charge on any atom is 0.325 e. The van der Waals surface area contributed by atoms with E-state index < -0.39 is 22.9 Å². The number of hydrogen-bond acceptors (Lipinski definition) is 8. The van der Waals surface area contributed by atoms with Gasteiger partial charge in [0.25, 0.3) is 5.09 Å². The highest BCUT2D eigenvalue weighted by atomic mass is 16.9. The zero-order valence-electron chi connectivity index (χ0n) is 12.2. The zero-order valence-corrected chi connectivity index (χ0v) is 12.2. The summed E-state index contributed by atoms with van der Waals surface area (Å²) in [5.41, 5.74) is 0. The molecule has 0 aromatic rings. The maximum absolute atomic E-state index is 11.3. The van der Waals surface area contributed by atoms with Gasteiger partial charge in [-0.1, -0.05) is 0 Å². The first-order valence-electron chi connectivity index (χ1n) is 6.41. The number of carbonyl (C=O) groups is 3. The van der Waals surface area contributed by atoms with Gasteiger partial charge in [-0.05, 0) is 6.42 Å². The lowest BCUT2D eigenvalue weighted by atomic mass is 10.4. The van der Waals surface area contributed by atoms with Gasteiger partial charge in [0.2, 0.25) is 11.8 Å². The molecule has 0 saturated carbocycles. The van der Waals surface area contributed by atoms with Crippen LogP contribution in [0.25, 0.3) is 0 Å². The normalized spacial score (nSPS) is 9.68. The predicted octanol–water partition coefficient (Wildman–Crippen LogP) is -1.60. The van der Waals surface area contributed by atoms with Crippen molar-refractivity contribution >= 4 is 17.8 Å². The van der Waals surface area contributed by atoms with E-state index in [0.29, 0.717) is 0 Å². The number of rotatable bonds is 12. The van der Waals surface area contributed by atoms with Gasteiger partial charge in [0.15, 0.2) is 0 Å². The third-order valence-electron chi connectivity index (χ3n) is 2.19. The Morgan fingerprint density at radius 1 is 1.14 bits per heavy atom. The molecule has 0 bridgehead atoms. The summed E-state index contributed by atoms with van der Waals surface area (Å²) < 4.78 is 9.29. The number of carbonyl (C=O) groups excluding carboxylic acids is 3.